The van der Waals surface area contributed by atoms with Gasteiger partial charge in [0.2, 0.25) is 0 Å². The van der Waals surface area contributed by atoms with Crippen molar-refractivity contribution in [2.75, 3.05) is 20.3 Å². The van der Waals surface area contributed by atoms with Crippen LogP contribution in [0.1, 0.15) is 45.8 Å². The first kappa shape index (κ1) is 28.0. The molecule has 0 bridgehead atoms. The SMILES string of the molecule is COc1cc(C(=O)NC[C@@H]2CCCO2)ccc1Cc1ncc2c(n1)-c1c(nn(C)c1-c1ccc(-c3cnn(C)c3)cc1)CC2. The molecule has 0 spiro atoms. The van der Waals surface area contributed by atoms with Crippen LogP contribution in [0.25, 0.3) is 33.6 Å². The molecule has 0 unspecified atom stereocenters. The summed E-state index contributed by atoms with van der Waals surface area (Å²) in [6, 6.07) is 14.1. The molecule has 224 valence electrons. The van der Waals surface area contributed by atoms with Crippen molar-refractivity contribution in [3.05, 3.63) is 89.3 Å². The lowest BCUT2D eigenvalue weighted by Crippen LogP contribution is -2.31. The number of carbonyl (C=O) groups excluding carboxylic acids is 1. The number of benzene rings is 2. The van der Waals surface area contributed by atoms with Gasteiger partial charge in [-0.3, -0.25) is 14.2 Å². The van der Waals surface area contributed by atoms with Crippen LogP contribution in [0.4, 0.5) is 0 Å². The molecule has 1 N–H and O–H groups in total. The van der Waals surface area contributed by atoms with Gasteiger partial charge in [-0.15, -0.1) is 0 Å². The number of aromatic nitrogens is 6. The number of methoxy groups -OCH3 is 1. The minimum Gasteiger partial charge on any atom is -0.496 e. The third-order valence-electron chi connectivity index (χ3n) is 8.51. The first-order valence-electron chi connectivity index (χ1n) is 15.0. The van der Waals surface area contributed by atoms with E-state index < -0.39 is 0 Å². The molecular weight excluding hydrogens is 554 g/mol. The molecule has 1 aliphatic heterocycles. The number of ether oxygens (including phenoxy) is 2. The molecule has 5 aromatic rings. The molecule has 2 aliphatic rings. The van der Waals surface area contributed by atoms with E-state index in [1.165, 1.54) is 0 Å². The number of hydrogen-bond donors (Lipinski definition) is 1. The lowest BCUT2D eigenvalue weighted by Gasteiger charge is -2.17. The number of nitrogens with zero attached hydrogens (tertiary/aromatic N) is 6. The molecule has 0 radical (unpaired) electrons. The summed E-state index contributed by atoms with van der Waals surface area (Å²) >= 11 is 0. The normalized spacial score (nSPS) is 15.6. The van der Waals surface area contributed by atoms with Crippen molar-refractivity contribution < 1.29 is 14.3 Å². The molecule has 1 atom stereocenters. The zero-order valence-electron chi connectivity index (χ0n) is 25.2. The van der Waals surface area contributed by atoms with Crippen LogP contribution in [0.15, 0.2) is 61.1 Å². The fourth-order valence-electron chi connectivity index (χ4n) is 6.22. The van der Waals surface area contributed by atoms with E-state index in [9.17, 15) is 4.79 Å². The van der Waals surface area contributed by atoms with E-state index in [4.69, 9.17) is 24.5 Å². The quantitative estimate of drug-likeness (QED) is 0.283. The Kier molecular flexibility index (Phi) is 7.43. The average Bonchev–Trinajstić information content (AvgIpc) is 3.80. The van der Waals surface area contributed by atoms with E-state index in [-0.39, 0.29) is 12.0 Å². The summed E-state index contributed by atoms with van der Waals surface area (Å²) in [6.45, 7) is 1.27. The molecule has 7 rings (SSSR count). The molecule has 10 nitrogen and oxygen atoms in total. The van der Waals surface area contributed by atoms with Gasteiger partial charge in [-0.1, -0.05) is 30.3 Å². The van der Waals surface area contributed by atoms with E-state index in [0.29, 0.717) is 30.1 Å². The predicted octanol–water partition coefficient (Wildman–Crippen LogP) is 4.55. The van der Waals surface area contributed by atoms with E-state index >= 15 is 0 Å². The second kappa shape index (κ2) is 11.7. The number of rotatable bonds is 8. The molecule has 0 saturated carbocycles. The predicted molar refractivity (Wildman–Crippen MR) is 166 cm³/mol. The fraction of sp³-hybridized carbons (Fsp3) is 0.324. The van der Waals surface area contributed by atoms with Crippen molar-refractivity contribution in [3.8, 4) is 39.4 Å². The standard InChI is InChI=1S/C34H35N7O3/c1-40-20-26(18-37-40)21-6-8-22(9-7-21)33-31-28(39-41(33)2)13-12-25-17-35-30(38-32(25)31)16-23-10-11-24(15-29(23)43-3)34(42)36-19-27-5-4-14-44-27/h6-11,15,17-18,20,27H,4-5,12-14,16,19H2,1-3H3,(H,36,42)/t27-/m0/s1. The maximum absolute atomic E-state index is 12.8. The summed E-state index contributed by atoms with van der Waals surface area (Å²) in [6.07, 6.45) is 10.1. The van der Waals surface area contributed by atoms with Crippen LogP contribution < -0.4 is 10.1 Å². The van der Waals surface area contributed by atoms with Crippen LogP contribution in [-0.4, -0.2) is 61.8 Å². The average molecular weight is 590 g/mol. The summed E-state index contributed by atoms with van der Waals surface area (Å²) in [4.78, 5) is 22.6. The Morgan fingerprint density at radius 3 is 2.66 bits per heavy atom. The molecule has 2 aromatic carbocycles. The Hall–Kier alpha value is -4.83. The van der Waals surface area contributed by atoms with Crippen molar-refractivity contribution in [2.45, 2.75) is 38.2 Å². The summed E-state index contributed by atoms with van der Waals surface area (Å²) in [5.74, 6) is 1.18. The highest BCUT2D eigenvalue weighted by atomic mass is 16.5. The van der Waals surface area contributed by atoms with Gasteiger partial charge in [0, 0.05) is 73.9 Å². The van der Waals surface area contributed by atoms with Gasteiger partial charge in [-0.2, -0.15) is 10.2 Å². The molecule has 1 aliphatic carbocycles. The Balaban J connectivity index is 1.16. The Labute approximate surface area is 256 Å². The topological polar surface area (TPSA) is 109 Å². The van der Waals surface area contributed by atoms with Crippen LogP contribution >= 0.6 is 0 Å². The highest BCUT2D eigenvalue weighted by Gasteiger charge is 2.27. The van der Waals surface area contributed by atoms with Crippen LogP contribution in [-0.2, 0) is 38.1 Å². The van der Waals surface area contributed by atoms with Crippen molar-refractivity contribution in [3.63, 3.8) is 0 Å². The van der Waals surface area contributed by atoms with Crippen LogP contribution in [0.2, 0.25) is 0 Å². The van der Waals surface area contributed by atoms with Crippen molar-refractivity contribution in [1.29, 1.82) is 0 Å². The van der Waals surface area contributed by atoms with Gasteiger partial charge in [0.1, 0.15) is 11.6 Å². The zero-order valence-corrected chi connectivity index (χ0v) is 25.2. The molecule has 10 heteroatoms. The van der Waals surface area contributed by atoms with Gasteiger partial charge in [-0.25, -0.2) is 9.97 Å². The second-order valence-electron chi connectivity index (χ2n) is 11.5. The molecule has 44 heavy (non-hydrogen) atoms. The minimum atomic E-state index is -0.138. The Morgan fingerprint density at radius 1 is 1.07 bits per heavy atom. The fourth-order valence-corrected chi connectivity index (χ4v) is 6.22. The van der Waals surface area contributed by atoms with Crippen molar-refractivity contribution in [2.24, 2.45) is 14.1 Å². The number of hydrogen-bond acceptors (Lipinski definition) is 7. The number of nitrogens with one attached hydrogen (secondary N) is 1. The van der Waals surface area contributed by atoms with Crippen LogP contribution in [0, 0.1) is 0 Å². The first-order valence-corrected chi connectivity index (χ1v) is 15.0. The minimum absolute atomic E-state index is 0.0910. The summed E-state index contributed by atoms with van der Waals surface area (Å²) in [7, 11) is 5.54. The lowest BCUT2D eigenvalue weighted by molar-refractivity contribution is 0.0857. The monoisotopic (exact) mass is 589 g/mol. The number of fused-ring (bicyclic) bond motifs is 3. The van der Waals surface area contributed by atoms with E-state index in [1.807, 2.05) is 54.2 Å². The van der Waals surface area contributed by atoms with Gasteiger partial charge in [0.05, 0.1) is 36.5 Å². The van der Waals surface area contributed by atoms with Gasteiger partial charge in [-0.05, 0) is 48.9 Å². The van der Waals surface area contributed by atoms with Crippen LogP contribution in [0.3, 0.4) is 0 Å². The largest absolute Gasteiger partial charge is 0.496 e. The van der Waals surface area contributed by atoms with Crippen molar-refractivity contribution in [1.82, 2.24) is 34.8 Å². The highest BCUT2D eigenvalue weighted by Crippen LogP contribution is 2.40. The molecule has 1 saturated heterocycles. The molecule has 3 aromatic heterocycles. The summed E-state index contributed by atoms with van der Waals surface area (Å²) in [5.41, 5.74) is 9.94. The maximum Gasteiger partial charge on any atom is 0.251 e. The summed E-state index contributed by atoms with van der Waals surface area (Å²) < 4.78 is 15.1. The van der Waals surface area contributed by atoms with E-state index in [2.05, 4.69) is 34.7 Å². The first-order chi connectivity index (χ1) is 21.5. The molecule has 1 amide bonds. The number of carbonyl (C=O) groups is 1. The lowest BCUT2D eigenvalue weighted by atomic mass is 9.91. The van der Waals surface area contributed by atoms with Gasteiger partial charge in [0.25, 0.3) is 5.91 Å². The van der Waals surface area contributed by atoms with Gasteiger partial charge < -0.3 is 14.8 Å². The van der Waals surface area contributed by atoms with Crippen LogP contribution in [0.5, 0.6) is 5.75 Å². The zero-order chi connectivity index (χ0) is 30.2. The Morgan fingerprint density at radius 2 is 1.91 bits per heavy atom. The third-order valence-corrected chi connectivity index (χ3v) is 8.51. The number of amides is 1. The molecular formula is C34H35N7O3. The number of aryl methyl sites for hydroxylation is 4. The molecule has 1 fully saturated rings. The third kappa shape index (κ3) is 5.37. The van der Waals surface area contributed by atoms with Crippen molar-refractivity contribution >= 4 is 5.91 Å². The summed E-state index contributed by atoms with van der Waals surface area (Å²) in [5, 5.41) is 12.2. The van der Waals surface area contributed by atoms with Gasteiger partial charge >= 0.3 is 0 Å². The van der Waals surface area contributed by atoms with E-state index in [1.54, 1.807) is 13.2 Å². The second-order valence-corrected chi connectivity index (χ2v) is 11.5. The molecule has 4 heterocycles. The smallest absolute Gasteiger partial charge is 0.251 e. The Bertz CT molecular complexity index is 1830. The highest BCUT2D eigenvalue weighted by molar-refractivity contribution is 5.94. The van der Waals surface area contributed by atoms with Gasteiger partial charge in [0.15, 0.2) is 0 Å². The van der Waals surface area contributed by atoms with E-state index in [0.717, 1.165) is 82.8 Å². The maximum atomic E-state index is 12.8.